The molecular weight excluding hydrogens is 467 g/mol. The standard InChI is InChI=1S/C15H35B12O7S.Na/c1-30-2-3-31-4-5-32-6-7-33-8-9-35(12-13-10-14(28)15(29)11-34-13)22-26(23(16)17)27(24(18)19)25(20)21;/h10-11,18,29H,2-9,12,16-17,19-21H2,1H3;/q-1;+1/i16-1,17-1,18-1,19-1,20-1,21-1,22-1,23-1,24-1,25-1,26-1,27-1;. The molecule has 21 heteroatoms. The van der Waals surface area contributed by atoms with Gasteiger partial charge in [-0.1, -0.05) is 0 Å². The third-order valence-corrected chi connectivity index (χ3v) is 7.90. The molecule has 0 amide bonds. The first-order valence-corrected chi connectivity index (χ1v) is 14.2. The molecule has 0 aliphatic carbocycles. The van der Waals surface area contributed by atoms with E-state index in [1.54, 1.807) is 7.11 Å². The summed E-state index contributed by atoms with van der Waals surface area (Å²) in [6.45, 7) is 3.84. The molecule has 0 aliphatic heterocycles. The van der Waals surface area contributed by atoms with Crippen molar-refractivity contribution in [2.45, 2.75) is 5.75 Å². The molecule has 0 fully saturated rings. The van der Waals surface area contributed by atoms with Crippen LogP contribution in [0.2, 0.25) is 0 Å². The molecule has 0 bridgehead atoms. The van der Waals surface area contributed by atoms with Gasteiger partial charge < -0.3 is 4.74 Å². The van der Waals surface area contributed by atoms with Gasteiger partial charge in [-0.3, -0.25) is 0 Å². The fraction of sp³-hybridized carbons (Fsp3) is 0.667. The number of hydrogen-bond donors (Lipinski definition) is 1. The number of rotatable bonds is 19. The summed E-state index contributed by atoms with van der Waals surface area (Å²) in [5.41, 5.74) is -0.416. The molecule has 0 spiro atoms. The largest absolute Gasteiger partial charge is 1.00 e. The molecule has 1 aromatic rings. The molecule has 180 valence electrons. The zero-order chi connectivity index (χ0) is 26.2. The van der Waals surface area contributed by atoms with E-state index in [1.165, 1.54) is 6.07 Å². The molecule has 1 heterocycles. The van der Waals surface area contributed by atoms with Gasteiger partial charge in [-0.25, -0.2) is 0 Å². The van der Waals surface area contributed by atoms with Crippen molar-refractivity contribution >= 4 is 94.7 Å². The molecule has 1 N–H and O–H groups in total. The molecule has 1 rings (SSSR count). The summed E-state index contributed by atoms with van der Waals surface area (Å²) in [6.07, 6.45) is 3.26. The number of ether oxygens (including phenoxy) is 4. The minimum absolute atomic E-state index is 0. The molecule has 7 nitrogen and oxygen atoms in total. The van der Waals surface area contributed by atoms with E-state index < -0.39 is 5.43 Å². The molecule has 0 aliphatic rings. The van der Waals surface area contributed by atoms with Crippen molar-refractivity contribution < 1.29 is 58.0 Å². The Morgan fingerprint density at radius 3 is 2.03 bits per heavy atom. The molecule has 1 atom stereocenters. The van der Waals surface area contributed by atoms with Gasteiger partial charge in [0.25, 0.3) is 0 Å². The fourth-order valence-electron chi connectivity index (χ4n) is 4.14. The zero-order valence-corrected chi connectivity index (χ0v) is 26.3. The number of aromatic hydroxyl groups is 1. The maximum Gasteiger partial charge on any atom is 1.00 e. The van der Waals surface area contributed by atoms with Crippen LogP contribution in [0.25, 0.3) is 0 Å². The Labute approximate surface area is 250 Å². The van der Waals surface area contributed by atoms with Crippen molar-refractivity contribution in [3.8, 4) is 5.75 Å². The molecule has 0 saturated heterocycles. The third kappa shape index (κ3) is 15.3. The normalized spacial score (nSPS) is 11.3. The molecular formula is C15H35B12NaO7S. The van der Waals surface area contributed by atoms with E-state index in [4.69, 9.17) is 23.4 Å². The second-order valence-corrected chi connectivity index (χ2v) is 11.6. The van der Waals surface area contributed by atoms with Gasteiger partial charge in [0.15, 0.2) is 0 Å². The molecule has 1 aromatic heterocycles. The van der Waals surface area contributed by atoms with Gasteiger partial charge in [-0.05, 0) is 0 Å². The van der Waals surface area contributed by atoms with Gasteiger partial charge in [0.1, 0.15) is 0 Å². The van der Waals surface area contributed by atoms with Crippen molar-refractivity contribution in [3.05, 3.63) is 28.3 Å². The van der Waals surface area contributed by atoms with Crippen LogP contribution in [0.15, 0.2) is 21.5 Å². The molecule has 1 unspecified atom stereocenters. The van der Waals surface area contributed by atoms with Crippen LogP contribution in [0.1, 0.15) is 5.76 Å². The predicted octanol–water partition coefficient (Wildman–Crippen LogP) is -9.24. The molecule has 2 radical (unpaired) electrons. The van der Waals surface area contributed by atoms with E-state index in [-0.39, 0.29) is 45.6 Å². The van der Waals surface area contributed by atoms with Gasteiger partial charge in [0.05, 0.1) is 0 Å². The first-order valence-electron chi connectivity index (χ1n) is 12.5. The van der Waals surface area contributed by atoms with E-state index in [9.17, 15) is 9.90 Å². The van der Waals surface area contributed by atoms with Crippen LogP contribution >= 0.6 is 10.3 Å². The SMILES string of the molecule is [10BH-][10B]([10BH2])[10B]([10B]([10BH2])[10BH2])[10B]([10B]=S(CCOCCOCCOCCOC)Cc1cc(=O)c(O)co1)[10B]([10BH2])[10BH2].[Na+]. The monoisotopic (exact) mass is 502 g/mol. The smallest absolute Gasteiger partial charge is 1.00 e. The van der Waals surface area contributed by atoms with Crippen molar-refractivity contribution in [2.75, 3.05) is 59.1 Å². The van der Waals surface area contributed by atoms with Gasteiger partial charge >= 0.3 is 240 Å². The Morgan fingerprint density at radius 2 is 1.56 bits per heavy atom. The maximum absolute atomic E-state index is 11.9. The zero-order valence-electron chi connectivity index (χ0n) is 23.5. The number of methoxy groups -OCH3 is 1. The summed E-state index contributed by atoms with van der Waals surface area (Å²) in [7, 11) is 17.1. The van der Waals surface area contributed by atoms with Crippen LogP contribution in [0.4, 0.5) is 0 Å². The second kappa shape index (κ2) is 21.5. The van der Waals surface area contributed by atoms with E-state index >= 15 is 0 Å². The van der Waals surface area contributed by atoms with Crippen LogP contribution < -0.4 is 35.0 Å². The van der Waals surface area contributed by atoms with E-state index in [2.05, 4.69) is 52.5 Å². The predicted molar refractivity (Wildman–Crippen MR) is 172 cm³/mol. The molecule has 0 aromatic carbocycles. The van der Waals surface area contributed by atoms with Crippen molar-refractivity contribution in [1.82, 2.24) is 0 Å². The summed E-state index contributed by atoms with van der Waals surface area (Å²) in [6, 6.07) is 3.84. The Bertz CT molecular complexity index is 798. The van der Waals surface area contributed by atoms with E-state index in [0.29, 0.717) is 89.7 Å². The topological polar surface area (TPSA) is 87.4 Å². The summed E-state index contributed by atoms with van der Waals surface area (Å²) >= 11 is 0. The minimum atomic E-state index is -0.416. The van der Waals surface area contributed by atoms with Gasteiger partial charge in [0, 0.05) is 7.11 Å². The molecule has 0 saturated carbocycles. The number of hydrogen-bond acceptors (Lipinski definition) is 7. The summed E-state index contributed by atoms with van der Waals surface area (Å²) in [5, 5.41) is 9.54. The van der Waals surface area contributed by atoms with Crippen molar-refractivity contribution in [1.29, 1.82) is 0 Å². The first-order chi connectivity index (χ1) is 16.7. The Hall–Kier alpha value is 0.719. The maximum atomic E-state index is 11.9. The Balaban J connectivity index is 0.0000122. The first kappa shape index (κ1) is 36.7. The van der Waals surface area contributed by atoms with Crippen LogP contribution in [-0.4, -0.2) is 149 Å². The van der Waals surface area contributed by atoms with Crippen LogP contribution in [0, 0.1) is 0 Å². The van der Waals surface area contributed by atoms with E-state index in [0.717, 1.165) is 12.0 Å². The fourth-order valence-corrected chi connectivity index (χ4v) is 6.30. The Kier molecular flexibility index (Phi) is 22.0. The van der Waals surface area contributed by atoms with Crippen LogP contribution in [-0.2, 0) is 24.7 Å². The summed E-state index contributed by atoms with van der Waals surface area (Å²) in [4.78, 5) is 11.9. The summed E-state index contributed by atoms with van der Waals surface area (Å²) < 4.78 is 27.2. The third-order valence-electron chi connectivity index (χ3n) is 5.85. The molecule has 36 heavy (non-hydrogen) atoms. The average molecular weight is 503 g/mol. The van der Waals surface area contributed by atoms with Crippen molar-refractivity contribution in [3.63, 3.8) is 0 Å². The van der Waals surface area contributed by atoms with Crippen LogP contribution in [0.5, 0.6) is 5.75 Å². The van der Waals surface area contributed by atoms with Crippen LogP contribution in [0.3, 0.4) is 0 Å². The van der Waals surface area contributed by atoms with Gasteiger partial charge in [0.2, 0.25) is 0 Å². The van der Waals surface area contributed by atoms with Gasteiger partial charge in [-0.15, -0.1) is 0 Å². The second-order valence-electron chi connectivity index (χ2n) is 9.57. The Morgan fingerprint density at radius 1 is 1.00 bits per heavy atom. The van der Waals surface area contributed by atoms with Crippen molar-refractivity contribution in [2.24, 2.45) is 0 Å². The minimum Gasteiger partial charge on any atom is 1.00 e. The van der Waals surface area contributed by atoms with Gasteiger partial charge in [-0.2, -0.15) is 0 Å². The quantitative estimate of drug-likeness (QED) is 0.149. The summed E-state index contributed by atoms with van der Waals surface area (Å²) in [5.74, 6) is 1.64. The van der Waals surface area contributed by atoms with E-state index in [1.807, 2.05) is 0 Å². The average Bonchev–Trinajstić information content (AvgIpc) is 2.78.